The van der Waals surface area contributed by atoms with E-state index in [2.05, 4.69) is 25.9 Å². The second-order valence-electron chi connectivity index (χ2n) is 13.4. The Bertz CT molecular complexity index is 1880. The van der Waals surface area contributed by atoms with Gasteiger partial charge >= 0.3 is 0 Å². The third-order valence-electron chi connectivity index (χ3n) is 9.99. The van der Waals surface area contributed by atoms with Crippen LogP contribution in [0.5, 0.6) is 5.88 Å². The molecule has 13 nitrogen and oxygen atoms in total. The lowest BCUT2D eigenvalue weighted by Crippen LogP contribution is -2.43. The maximum atomic E-state index is 13.9. The molecule has 258 valence electrons. The molecule has 50 heavy (non-hydrogen) atoms. The van der Waals surface area contributed by atoms with Crippen LogP contribution < -0.4 is 21.1 Å². The average molecular weight is 675 g/mol. The fourth-order valence-corrected chi connectivity index (χ4v) is 6.91. The van der Waals surface area contributed by atoms with Gasteiger partial charge in [0.1, 0.15) is 29.8 Å². The zero-order chi connectivity index (χ0) is 34.8. The average Bonchev–Trinajstić information content (AvgIpc) is 3.78. The van der Waals surface area contributed by atoms with Crippen molar-refractivity contribution >= 4 is 46.8 Å². The first-order chi connectivity index (χ1) is 24.2. The van der Waals surface area contributed by atoms with Crippen LogP contribution in [-0.2, 0) is 9.59 Å². The summed E-state index contributed by atoms with van der Waals surface area (Å²) in [6.45, 7) is 3.21. The number of aromatic nitrogens is 2. The van der Waals surface area contributed by atoms with Gasteiger partial charge in [-0.15, -0.1) is 0 Å². The van der Waals surface area contributed by atoms with Gasteiger partial charge in [-0.05, 0) is 68.0 Å². The lowest BCUT2D eigenvalue weighted by molar-refractivity contribution is -0.132. The number of nitrogens with one attached hydrogen (secondary N) is 1. The van der Waals surface area contributed by atoms with Gasteiger partial charge in [0.15, 0.2) is 0 Å². The minimum Gasteiger partial charge on any atom is -0.474 e. The van der Waals surface area contributed by atoms with E-state index in [1.807, 2.05) is 29.2 Å². The van der Waals surface area contributed by atoms with Gasteiger partial charge in [0, 0.05) is 56.6 Å². The minimum absolute atomic E-state index is 0.00790. The fourth-order valence-electron chi connectivity index (χ4n) is 6.91. The van der Waals surface area contributed by atoms with E-state index < -0.39 is 5.41 Å². The molecule has 7 rings (SSSR count). The number of amides is 2. The molecule has 13 heteroatoms. The molecule has 1 saturated carbocycles. The summed E-state index contributed by atoms with van der Waals surface area (Å²) in [5.74, 6) is 1.51. The SMILES string of the molecule is CN=CN=C(N)c1ccc(C2=CCN(C(=O)CN3CC[C@]4(CCN(c5ccc(N)c(C(=N)c6ccc(OC7CC7)nc6)n5)C4=O)C3)CC2)cc1. The van der Waals surface area contributed by atoms with E-state index in [1.54, 1.807) is 42.4 Å². The van der Waals surface area contributed by atoms with E-state index in [-0.39, 0.29) is 30.2 Å². The summed E-state index contributed by atoms with van der Waals surface area (Å²) in [6, 6.07) is 14.9. The molecule has 5 N–H and O–H groups in total. The van der Waals surface area contributed by atoms with E-state index in [0.717, 1.165) is 30.4 Å². The van der Waals surface area contributed by atoms with Crippen LogP contribution in [0.15, 0.2) is 70.8 Å². The van der Waals surface area contributed by atoms with E-state index in [1.165, 1.54) is 11.9 Å². The summed E-state index contributed by atoms with van der Waals surface area (Å²) in [5.41, 5.74) is 16.2. The number of nitrogens with two attached hydrogens (primary N) is 2. The van der Waals surface area contributed by atoms with Crippen LogP contribution in [0.2, 0.25) is 0 Å². The molecule has 2 saturated heterocycles. The van der Waals surface area contributed by atoms with E-state index in [0.29, 0.717) is 80.0 Å². The van der Waals surface area contributed by atoms with Crippen molar-refractivity contribution in [2.24, 2.45) is 21.1 Å². The molecular weight excluding hydrogens is 632 g/mol. The van der Waals surface area contributed by atoms with Crippen molar-refractivity contribution in [1.29, 1.82) is 5.41 Å². The molecule has 5 heterocycles. The summed E-state index contributed by atoms with van der Waals surface area (Å²) in [7, 11) is 1.65. The first kappa shape index (κ1) is 33.1. The number of nitrogens with zero attached hydrogens (tertiary/aromatic N) is 7. The highest BCUT2D eigenvalue weighted by atomic mass is 16.5. The van der Waals surface area contributed by atoms with E-state index >= 15 is 0 Å². The number of likely N-dealkylation sites (tertiary alicyclic amines) is 1. The number of benzene rings is 1. The van der Waals surface area contributed by atoms with Crippen LogP contribution in [0, 0.1) is 10.8 Å². The van der Waals surface area contributed by atoms with Crippen LogP contribution in [0.4, 0.5) is 11.5 Å². The molecular formula is C37H42N10O3. The molecule has 3 aliphatic heterocycles. The second-order valence-corrected chi connectivity index (χ2v) is 13.4. The lowest BCUT2D eigenvalue weighted by Gasteiger charge is -2.29. The van der Waals surface area contributed by atoms with Crippen molar-refractivity contribution < 1.29 is 14.3 Å². The number of ether oxygens (including phenoxy) is 1. The van der Waals surface area contributed by atoms with Gasteiger partial charge < -0.3 is 21.1 Å². The standard InChI is InChI=1S/C37H42N10O3/c1-41-23-43-35(40)26-4-2-24(3-5-26)25-12-16-46(17-13-25)32(48)21-45-18-14-37(22-45)15-19-47(36(37)49)30-10-9-29(38)34(44-30)33(39)27-6-11-31(42-20-27)50-28-7-8-28/h2-6,9-12,20,23,28,39H,7-8,13-19,21-22,38H2,1H3,(H2,40,41,43)/t37-/m0/s1. The Labute approximate surface area is 291 Å². The Kier molecular flexibility index (Phi) is 9.15. The number of amidine groups is 1. The predicted molar refractivity (Wildman–Crippen MR) is 194 cm³/mol. The highest BCUT2D eigenvalue weighted by Crippen LogP contribution is 2.42. The number of hydrogen-bond acceptors (Lipinski definition) is 9. The molecule has 1 aliphatic carbocycles. The monoisotopic (exact) mass is 674 g/mol. The molecule has 0 unspecified atom stereocenters. The van der Waals surface area contributed by atoms with Crippen molar-refractivity contribution in [2.45, 2.75) is 38.2 Å². The van der Waals surface area contributed by atoms with E-state index in [9.17, 15) is 9.59 Å². The number of aliphatic imine (C=N–C) groups is 2. The number of anilines is 2. The van der Waals surface area contributed by atoms with Crippen LogP contribution in [0.1, 0.15) is 54.5 Å². The summed E-state index contributed by atoms with van der Waals surface area (Å²) in [5, 5.41) is 8.80. The van der Waals surface area contributed by atoms with Gasteiger partial charge in [-0.25, -0.2) is 15.0 Å². The normalized spacial score (nSPS) is 21.3. The van der Waals surface area contributed by atoms with Crippen LogP contribution in [0.3, 0.4) is 0 Å². The zero-order valence-corrected chi connectivity index (χ0v) is 28.2. The highest BCUT2D eigenvalue weighted by molar-refractivity contribution is 6.13. The maximum absolute atomic E-state index is 13.9. The molecule has 2 aromatic heterocycles. The lowest BCUT2D eigenvalue weighted by atomic mass is 9.85. The molecule has 2 amide bonds. The zero-order valence-electron chi connectivity index (χ0n) is 28.2. The largest absolute Gasteiger partial charge is 0.474 e. The van der Waals surface area contributed by atoms with Crippen molar-refractivity contribution in [3.63, 3.8) is 0 Å². The highest BCUT2D eigenvalue weighted by Gasteiger charge is 2.51. The molecule has 1 spiro atoms. The van der Waals surface area contributed by atoms with Crippen LogP contribution in [0.25, 0.3) is 5.57 Å². The molecule has 4 aliphatic rings. The minimum atomic E-state index is -0.559. The Balaban J connectivity index is 0.945. The first-order valence-electron chi connectivity index (χ1n) is 17.1. The summed E-state index contributed by atoms with van der Waals surface area (Å²) >= 11 is 0. The molecule has 3 aromatic rings. The predicted octanol–water partition coefficient (Wildman–Crippen LogP) is 3.12. The number of rotatable bonds is 10. The Hall–Kier alpha value is -5.43. The van der Waals surface area contributed by atoms with Gasteiger partial charge in [-0.3, -0.25) is 29.8 Å². The molecule has 0 bridgehead atoms. The fraction of sp³-hybridized carbons (Fsp3) is 0.378. The molecule has 3 fully saturated rings. The molecule has 0 radical (unpaired) electrons. The number of carbonyl (C=O) groups excluding carboxylic acids is 2. The Morgan fingerprint density at radius 1 is 1.08 bits per heavy atom. The first-order valence-corrected chi connectivity index (χ1v) is 17.1. The summed E-state index contributed by atoms with van der Waals surface area (Å²) in [4.78, 5) is 50.0. The Morgan fingerprint density at radius 3 is 2.56 bits per heavy atom. The van der Waals surface area contributed by atoms with Gasteiger partial charge in [0.05, 0.1) is 23.4 Å². The summed E-state index contributed by atoms with van der Waals surface area (Å²) < 4.78 is 5.73. The number of pyridine rings is 2. The van der Waals surface area contributed by atoms with Crippen LogP contribution >= 0.6 is 0 Å². The number of nitrogen functional groups attached to an aromatic ring is 1. The van der Waals surface area contributed by atoms with Crippen molar-refractivity contribution in [2.75, 3.05) is 56.9 Å². The second kappa shape index (κ2) is 13.8. The van der Waals surface area contributed by atoms with Crippen molar-refractivity contribution in [1.82, 2.24) is 19.8 Å². The summed E-state index contributed by atoms with van der Waals surface area (Å²) in [6.07, 6.45) is 9.58. The quantitative estimate of drug-likeness (QED) is 0.217. The van der Waals surface area contributed by atoms with Crippen LogP contribution in [-0.4, -0.2) is 102 Å². The number of hydrogen-bond donors (Lipinski definition) is 3. The van der Waals surface area contributed by atoms with Gasteiger partial charge in [0.25, 0.3) is 0 Å². The topological polar surface area (TPSA) is 179 Å². The van der Waals surface area contributed by atoms with Gasteiger partial charge in [-0.1, -0.05) is 30.3 Å². The molecule has 1 aromatic carbocycles. The Morgan fingerprint density at radius 2 is 1.86 bits per heavy atom. The third kappa shape index (κ3) is 6.86. The maximum Gasteiger partial charge on any atom is 0.237 e. The smallest absolute Gasteiger partial charge is 0.237 e. The molecule has 1 atom stereocenters. The van der Waals surface area contributed by atoms with Gasteiger partial charge in [-0.2, -0.15) is 0 Å². The van der Waals surface area contributed by atoms with E-state index in [4.69, 9.17) is 26.6 Å². The number of carbonyl (C=O) groups is 2. The van der Waals surface area contributed by atoms with Crippen molar-refractivity contribution in [3.05, 3.63) is 83.2 Å². The third-order valence-corrected chi connectivity index (χ3v) is 9.99. The van der Waals surface area contributed by atoms with Gasteiger partial charge in [0.2, 0.25) is 17.7 Å². The van der Waals surface area contributed by atoms with Crippen molar-refractivity contribution in [3.8, 4) is 5.88 Å².